The molecule has 0 aliphatic carbocycles. The van der Waals surface area contributed by atoms with Gasteiger partial charge in [-0.3, -0.25) is 4.31 Å². The first-order chi connectivity index (χ1) is 5.71. The maximum atomic E-state index is 9.55. The molecule has 0 heterocycles. The van der Waals surface area contributed by atoms with E-state index in [-0.39, 0.29) is 105 Å². The van der Waals surface area contributed by atoms with Crippen molar-refractivity contribution in [2.24, 2.45) is 0 Å². The smallest absolute Gasteiger partial charge is 0.822 e. The average Bonchev–Trinajstić information content (AvgIpc) is 1.42. The molecule has 0 aromatic rings. The van der Waals surface area contributed by atoms with Gasteiger partial charge in [0.05, 0.1) is 7.82 Å². The predicted molar refractivity (Wildman–Crippen MR) is 39.9 cm³/mol. The van der Waals surface area contributed by atoms with E-state index >= 15 is 0 Å². The van der Waals surface area contributed by atoms with Crippen LogP contribution < -0.4 is 54.0 Å². The Morgan fingerprint density at radius 1 is 0.824 bits per heavy atom. The molecule has 88 valence electrons. The Morgan fingerprint density at radius 2 is 1.00 bits per heavy atom. The molecule has 0 saturated heterocycles. The summed E-state index contributed by atoms with van der Waals surface area (Å²) in [4.78, 5) is 59.8. The van der Waals surface area contributed by atoms with E-state index in [1.54, 1.807) is 0 Å². The molecular formula is H2Ca2NaO11P3. The molecule has 0 aliphatic heterocycles. The van der Waals surface area contributed by atoms with Crippen molar-refractivity contribution in [2.75, 3.05) is 0 Å². The fourth-order valence-corrected chi connectivity index (χ4v) is 1.17. The van der Waals surface area contributed by atoms with Gasteiger partial charge in [-0.25, -0.2) is 4.57 Å². The summed E-state index contributed by atoms with van der Waals surface area (Å²) < 4.78 is 30.2. The van der Waals surface area contributed by atoms with E-state index in [0.29, 0.717) is 0 Å². The molecule has 17 heteroatoms. The molecule has 17 heavy (non-hydrogen) atoms. The van der Waals surface area contributed by atoms with Crippen LogP contribution in [0.5, 0.6) is 0 Å². The van der Waals surface area contributed by atoms with Gasteiger partial charge in [-0.2, -0.15) is 7.82 Å². The van der Waals surface area contributed by atoms with E-state index in [1.165, 1.54) is 0 Å². The minimum atomic E-state index is -5.55. The van der Waals surface area contributed by atoms with Crippen molar-refractivity contribution in [1.82, 2.24) is 0 Å². The zero-order valence-corrected chi connectivity index (χ0v) is 17.4. The van der Waals surface area contributed by atoms with E-state index in [4.69, 9.17) is 29.0 Å². The molecule has 0 aromatic heterocycles. The van der Waals surface area contributed by atoms with Crippen LogP contribution in [-0.2, 0) is 18.0 Å². The average molecular weight is 374 g/mol. The summed E-state index contributed by atoms with van der Waals surface area (Å²) in [6, 6.07) is 0. The molecule has 0 saturated carbocycles. The van der Waals surface area contributed by atoms with E-state index < -0.39 is 23.5 Å². The largest absolute Gasteiger partial charge is 2.00 e. The summed E-state index contributed by atoms with van der Waals surface area (Å²) in [5.74, 6) is 0. The molecule has 2 N–H and O–H groups in total. The summed E-state index contributed by atoms with van der Waals surface area (Å²) in [6.07, 6.45) is 0. The number of rotatable bonds is 2. The van der Waals surface area contributed by atoms with Crippen LogP contribution in [0.1, 0.15) is 0 Å². The van der Waals surface area contributed by atoms with Gasteiger partial charge in [0.2, 0.25) is 0 Å². The van der Waals surface area contributed by atoms with E-state index in [0.717, 1.165) is 0 Å². The van der Waals surface area contributed by atoms with Gasteiger partial charge in [0, 0.05) is 0 Å². The van der Waals surface area contributed by atoms with Crippen LogP contribution in [0, 0.1) is 0 Å². The Morgan fingerprint density at radius 3 is 1.00 bits per heavy atom. The van der Waals surface area contributed by atoms with Crippen LogP contribution in [0.2, 0.25) is 0 Å². The van der Waals surface area contributed by atoms with E-state index in [9.17, 15) is 18.9 Å². The van der Waals surface area contributed by atoms with Crippen LogP contribution in [0.25, 0.3) is 0 Å². The van der Waals surface area contributed by atoms with Gasteiger partial charge in [0.1, 0.15) is 0 Å². The van der Waals surface area contributed by atoms with Gasteiger partial charge in [0.15, 0.2) is 0 Å². The minimum Gasteiger partial charge on any atom is -0.822 e. The normalized spacial score (nSPS) is 10.8. The molecule has 0 fully saturated rings. The summed E-state index contributed by atoms with van der Waals surface area (Å²) in [5.41, 5.74) is 0. The van der Waals surface area contributed by atoms with Crippen molar-refractivity contribution in [3.8, 4) is 0 Å². The first kappa shape index (κ1) is 32.7. The Balaban J connectivity index is -0.0000000533. The molecule has 0 amide bonds. The minimum absolute atomic E-state index is 0. The van der Waals surface area contributed by atoms with Gasteiger partial charge in [-0.1, -0.05) is 0 Å². The summed E-state index contributed by atoms with van der Waals surface area (Å²) in [6.45, 7) is 0. The summed E-state index contributed by atoms with van der Waals surface area (Å²) >= 11 is 0. The number of hydrogen-bond acceptors (Lipinski definition) is 9. The molecular weight excluding hydrogens is 372 g/mol. The third-order valence-corrected chi connectivity index (χ3v) is 1.86. The summed E-state index contributed by atoms with van der Waals surface area (Å²) in [7, 11) is -16.1. The Kier molecular flexibility index (Phi) is 26.1. The van der Waals surface area contributed by atoms with E-state index in [1.807, 2.05) is 0 Å². The van der Waals surface area contributed by atoms with Gasteiger partial charge >= 0.3 is 113 Å². The first-order valence-corrected chi connectivity index (χ1v) is 6.68. The van der Waals surface area contributed by atoms with Crippen LogP contribution >= 0.6 is 23.5 Å². The third kappa shape index (κ3) is 65.1. The molecule has 0 bridgehead atoms. The molecule has 0 spiro atoms. The van der Waals surface area contributed by atoms with Crippen LogP contribution in [0.15, 0.2) is 0 Å². The second kappa shape index (κ2) is 13.5. The fraction of sp³-hybridized carbons (Fsp3) is 0. The van der Waals surface area contributed by atoms with Gasteiger partial charge < -0.3 is 43.4 Å². The Hall–Kier alpha value is 3.89. The zero-order chi connectivity index (χ0) is 12.2. The first-order valence-electron chi connectivity index (χ1n) is 2.23. The van der Waals surface area contributed by atoms with Crippen molar-refractivity contribution in [2.45, 2.75) is 0 Å². The Labute approximate surface area is 177 Å². The monoisotopic (exact) mass is 374 g/mol. The summed E-state index contributed by atoms with van der Waals surface area (Å²) in [5, 5.41) is 0. The molecule has 0 rings (SSSR count). The second-order valence-corrected chi connectivity index (χ2v) is 4.89. The SMILES string of the molecule is O=P([O-])([O-])OP(=O)(O)O.O=P([O-])([O-])[O-].[Ca+2].[Ca+2].[Na+]. The molecule has 0 aromatic carbocycles. The zero-order valence-electron chi connectivity index (χ0n) is 8.32. The van der Waals surface area contributed by atoms with Crippen molar-refractivity contribution in [3.63, 3.8) is 0 Å². The van der Waals surface area contributed by atoms with Crippen molar-refractivity contribution in [3.05, 3.63) is 0 Å². The number of phosphoric acid groups is 3. The van der Waals surface area contributed by atoms with Crippen LogP contribution in [0.4, 0.5) is 0 Å². The van der Waals surface area contributed by atoms with Crippen molar-refractivity contribution < 1.29 is 81.8 Å². The standard InChI is InChI=1S/2Ca.Na.H4O7P2.H3O4P/c;;;1-8(2,3)7-9(4,5)6;1-5(2,3)4/h;;;(H2,1,2,3)(H2,4,5,6);(H3,1,2,3,4)/q2*+2;+1;;/p-5. The third-order valence-electron chi connectivity index (χ3n) is 0.206. The van der Waals surface area contributed by atoms with Gasteiger partial charge in [0.25, 0.3) is 0 Å². The Bertz CT molecular complexity index is 268. The van der Waals surface area contributed by atoms with Gasteiger partial charge in [-0.15, -0.1) is 0 Å². The van der Waals surface area contributed by atoms with E-state index in [2.05, 4.69) is 4.31 Å². The molecule has 0 unspecified atom stereocenters. The molecule has 0 aliphatic rings. The number of hydrogen-bond donors (Lipinski definition) is 2. The fourth-order valence-electron chi connectivity index (χ4n) is 0.130. The topological polar surface area (TPSA) is 216 Å². The predicted octanol–water partition coefficient (Wildman–Crippen LogP) is -8.66. The molecule has 0 radical (unpaired) electrons. The quantitative estimate of drug-likeness (QED) is 0.341. The van der Waals surface area contributed by atoms with Crippen LogP contribution in [-0.4, -0.2) is 85.3 Å². The van der Waals surface area contributed by atoms with Crippen molar-refractivity contribution >= 4 is 98.9 Å². The van der Waals surface area contributed by atoms with Crippen LogP contribution in [0.3, 0.4) is 0 Å². The van der Waals surface area contributed by atoms with Crippen molar-refractivity contribution in [1.29, 1.82) is 0 Å². The second-order valence-electron chi connectivity index (χ2n) is 1.47. The maximum Gasteiger partial charge on any atom is 2.00 e. The molecule has 11 nitrogen and oxygen atoms in total. The van der Waals surface area contributed by atoms with Gasteiger partial charge in [-0.05, 0) is 0 Å². The molecule has 0 atom stereocenters. The maximum absolute atomic E-state index is 9.55.